The monoisotopic (exact) mass is 392 g/mol. The van der Waals surface area contributed by atoms with Gasteiger partial charge in [0.15, 0.2) is 0 Å². The van der Waals surface area contributed by atoms with Crippen LogP contribution in [0, 0.1) is 6.92 Å². The van der Waals surface area contributed by atoms with Crippen molar-refractivity contribution >= 4 is 21.8 Å². The van der Waals surface area contributed by atoms with Crippen LogP contribution in [0.1, 0.15) is 38.2 Å². The van der Waals surface area contributed by atoms with Gasteiger partial charge in [0.25, 0.3) is 5.25 Å². The first-order chi connectivity index (χ1) is 12.7. The van der Waals surface area contributed by atoms with E-state index in [0.717, 1.165) is 24.8 Å². The summed E-state index contributed by atoms with van der Waals surface area (Å²) in [4.78, 5) is 24.9. The maximum Gasteiger partial charge on any atom is 0.341 e. The van der Waals surface area contributed by atoms with Gasteiger partial charge in [0.05, 0.1) is 4.90 Å². The second kappa shape index (κ2) is 8.99. The summed E-state index contributed by atoms with van der Waals surface area (Å²) in [5, 5.41) is -2.08. The Morgan fingerprint density at radius 1 is 1.15 bits per heavy atom. The number of hydrogen-bond donors (Lipinski definition) is 0. The molecule has 6 nitrogen and oxygen atoms in total. The summed E-state index contributed by atoms with van der Waals surface area (Å²) < 4.78 is 36.1. The van der Waals surface area contributed by atoms with Gasteiger partial charge < -0.3 is 9.47 Å². The van der Waals surface area contributed by atoms with Crippen molar-refractivity contribution in [3.05, 3.63) is 53.8 Å². The van der Waals surface area contributed by atoms with Gasteiger partial charge in [-0.3, -0.25) is 0 Å². The van der Waals surface area contributed by atoms with E-state index in [-0.39, 0.29) is 11.5 Å². The van der Waals surface area contributed by atoms with Crippen LogP contribution >= 0.6 is 0 Å². The van der Waals surface area contributed by atoms with E-state index in [9.17, 15) is 18.0 Å². The lowest BCUT2D eigenvalue weighted by molar-refractivity contribution is -0.151. The van der Waals surface area contributed by atoms with Crippen molar-refractivity contribution in [2.75, 3.05) is 6.61 Å². The average molecular weight is 392 g/mol. The number of benzene rings is 1. The maximum atomic E-state index is 13.0. The van der Waals surface area contributed by atoms with Crippen molar-refractivity contribution in [3.63, 3.8) is 0 Å². The van der Waals surface area contributed by atoms with Crippen LogP contribution in [0.3, 0.4) is 0 Å². The van der Waals surface area contributed by atoms with Crippen LogP contribution in [0.25, 0.3) is 0 Å². The molecule has 146 valence electrons. The highest BCUT2D eigenvalue weighted by Crippen LogP contribution is 2.23. The Morgan fingerprint density at radius 2 is 1.81 bits per heavy atom. The molecule has 1 unspecified atom stereocenters. The van der Waals surface area contributed by atoms with E-state index < -0.39 is 27.0 Å². The van der Waals surface area contributed by atoms with Gasteiger partial charge in [0.2, 0.25) is 9.84 Å². The zero-order chi connectivity index (χ0) is 20.0. The number of esters is 2. The van der Waals surface area contributed by atoms with Gasteiger partial charge in [-0.25, -0.2) is 18.0 Å². The zero-order valence-corrected chi connectivity index (χ0v) is 16.4. The second-order valence-electron chi connectivity index (χ2n) is 6.64. The fourth-order valence-electron chi connectivity index (χ4n) is 2.57. The Kier molecular flexibility index (Phi) is 6.96. The third-order valence-electron chi connectivity index (χ3n) is 4.03. The number of allylic oxidation sites excluding steroid dienone is 2. The Balaban J connectivity index is 2.34. The van der Waals surface area contributed by atoms with Gasteiger partial charge in [-0.15, -0.1) is 0 Å². The first-order valence-corrected chi connectivity index (χ1v) is 10.3. The van der Waals surface area contributed by atoms with Crippen LogP contribution in [0.5, 0.6) is 0 Å². The van der Waals surface area contributed by atoms with Gasteiger partial charge in [-0.1, -0.05) is 24.3 Å². The number of hydrogen-bond acceptors (Lipinski definition) is 6. The molecule has 7 heteroatoms. The Labute approximate surface area is 159 Å². The molecule has 0 aliphatic heterocycles. The van der Waals surface area contributed by atoms with Crippen molar-refractivity contribution in [2.45, 2.75) is 49.7 Å². The molecule has 0 heterocycles. The normalized spacial score (nSPS) is 15.4. The van der Waals surface area contributed by atoms with E-state index in [1.54, 1.807) is 32.1 Å². The van der Waals surface area contributed by atoms with Crippen molar-refractivity contribution in [1.29, 1.82) is 0 Å². The standard InChI is InChI=1S/C20H24O6S/c1-14(2)13-25-19(21)18(20(22)26-16-7-5-4-6-8-16)27(23,24)17-11-9-15(3)10-12-17/h7,9-12,18H,1,4-6,8,13H2,2-3H3. The smallest absolute Gasteiger partial charge is 0.341 e. The van der Waals surface area contributed by atoms with Gasteiger partial charge in [0, 0.05) is 6.42 Å². The number of ether oxygens (including phenoxy) is 2. The highest BCUT2D eigenvalue weighted by molar-refractivity contribution is 7.93. The van der Waals surface area contributed by atoms with Crippen molar-refractivity contribution < 1.29 is 27.5 Å². The molecule has 0 radical (unpaired) electrons. The minimum atomic E-state index is -4.32. The quantitative estimate of drug-likeness (QED) is 0.402. The first-order valence-electron chi connectivity index (χ1n) is 8.74. The van der Waals surface area contributed by atoms with Gasteiger partial charge in [-0.2, -0.15) is 0 Å². The molecule has 1 aliphatic carbocycles. The molecule has 0 spiro atoms. The van der Waals surface area contributed by atoms with Crippen LogP contribution in [-0.4, -0.2) is 32.2 Å². The highest BCUT2D eigenvalue weighted by atomic mass is 32.2. The maximum absolute atomic E-state index is 13.0. The summed E-state index contributed by atoms with van der Waals surface area (Å²) in [7, 11) is -4.32. The summed E-state index contributed by atoms with van der Waals surface area (Å²) in [5.74, 6) is -1.92. The number of sulfone groups is 1. The van der Waals surface area contributed by atoms with E-state index in [1.807, 2.05) is 0 Å². The minimum Gasteiger partial charge on any atom is -0.460 e. The number of aryl methyl sites for hydroxylation is 1. The van der Waals surface area contributed by atoms with Crippen molar-refractivity contribution in [3.8, 4) is 0 Å². The summed E-state index contributed by atoms with van der Waals surface area (Å²) >= 11 is 0. The van der Waals surface area contributed by atoms with E-state index >= 15 is 0 Å². The Bertz CT molecular complexity index is 849. The van der Waals surface area contributed by atoms with E-state index in [4.69, 9.17) is 9.47 Å². The molecule has 1 aromatic rings. The molecule has 1 aromatic carbocycles. The van der Waals surface area contributed by atoms with Gasteiger partial charge >= 0.3 is 11.9 Å². The van der Waals surface area contributed by atoms with E-state index in [2.05, 4.69) is 6.58 Å². The lowest BCUT2D eigenvalue weighted by Gasteiger charge is -2.18. The van der Waals surface area contributed by atoms with E-state index in [0.29, 0.717) is 17.8 Å². The molecule has 0 amide bonds. The Morgan fingerprint density at radius 3 is 2.37 bits per heavy atom. The predicted octanol–water partition coefficient (Wildman–Crippen LogP) is 3.26. The molecule has 0 N–H and O–H groups in total. The number of carbonyl (C=O) groups is 2. The van der Waals surface area contributed by atoms with Crippen LogP contribution in [0.4, 0.5) is 0 Å². The molecule has 0 saturated heterocycles. The SMILES string of the molecule is C=C(C)COC(=O)C(C(=O)OC1=CCCCC1)S(=O)(=O)c1ccc(C)cc1. The molecule has 0 saturated carbocycles. The third-order valence-corrected chi connectivity index (χ3v) is 5.96. The highest BCUT2D eigenvalue weighted by Gasteiger charge is 2.43. The number of rotatable bonds is 7. The topological polar surface area (TPSA) is 86.7 Å². The number of carbonyl (C=O) groups excluding carboxylic acids is 2. The minimum absolute atomic E-state index is 0.139. The van der Waals surface area contributed by atoms with Crippen LogP contribution in [0.2, 0.25) is 0 Å². The third kappa shape index (κ3) is 5.53. The molecule has 2 rings (SSSR count). The lowest BCUT2D eigenvalue weighted by Crippen LogP contribution is -2.40. The average Bonchev–Trinajstić information content (AvgIpc) is 2.61. The Hall–Kier alpha value is -2.41. The fraction of sp³-hybridized carbons (Fsp3) is 0.400. The summed E-state index contributed by atoms with van der Waals surface area (Å²) in [6.45, 7) is 6.86. The molecule has 0 fully saturated rings. The molecule has 1 aliphatic rings. The van der Waals surface area contributed by atoms with Gasteiger partial charge in [-0.05, 0) is 56.9 Å². The molecule has 0 aromatic heterocycles. The van der Waals surface area contributed by atoms with Crippen LogP contribution in [0.15, 0.2) is 53.1 Å². The van der Waals surface area contributed by atoms with Gasteiger partial charge in [0.1, 0.15) is 12.4 Å². The zero-order valence-electron chi connectivity index (χ0n) is 15.6. The molecule has 1 atom stereocenters. The van der Waals surface area contributed by atoms with Crippen molar-refractivity contribution in [2.24, 2.45) is 0 Å². The first kappa shape index (κ1) is 20.9. The molecule has 0 bridgehead atoms. The summed E-state index contributed by atoms with van der Waals surface area (Å²) in [6.07, 6.45) is 4.85. The predicted molar refractivity (Wildman–Crippen MR) is 101 cm³/mol. The molecule has 27 heavy (non-hydrogen) atoms. The molecular formula is C20H24O6S. The second-order valence-corrected chi connectivity index (χ2v) is 8.67. The largest absolute Gasteiger partial charge is 0.460 e. The van der Waals surface area contributed by atoms with Crippen LogP contribution in [-0.2, 0) is 28.9 Å². The van der Waals surface area contributed by atoms with Crippen LogP contribution < -0.4 is 0 Å². The summed E-state index contributed by atoms with van der Waals surface area (Å²) in [6, 6.07) is 5.91. The van der Waals surface area contributed by atoms with Crippen molar-refractivity contribution in [1.82, 2.24) is 0 Å². The fourth-order valence-corrected chi connectivity index (χ4v) is 3.98. The summed E-state index contributed by atoms with van der Waals surface area (Å²) in [5.41, 5.74) is 1.38. The molecular weight excluding hydrogens is 368 g/mol. The lowest BCUT2D eigenvalue weighted by atomic mass is 10.1. The van der Waals surface area contributed by atoms with E-state index in [1.165, 1.54) is 12.1 Å².